The number of hydrogen-bond donors (Lipinski definition) is 2. The van der Waals surface area contributed by atoms with Gasteiger partial charge in [0.05, 0.1) is 12.7 Å². The Labute approximate surface area is 138 Å². The van der Waals surface area contributed by atoms with Crippen molar-refractivity contribution in [3.8, 4) is 5.75 Å². The number of carbonyl (C=O) groups is 2. The molecule has 1 heterocycles. The lowest BCUT2D eigenvalue weighted by Gasteiger charge is -2.02. The molecule has 0 radical (unpaired) electrons. The van der Waals surface area contributed by atoms with E-state index in [0.29, 0.717) is 10.6 Å². The van der Waals surface area contributed by atoms with Gasteiger partial charge in [-0.1, -0.05) is 12.1 Å². The Bertz CT molecular complexity index is 760. The van der Waals surface area contributed by atoms with Gasteiger partial charge in [-0.3, -0.25) is 4.79 Å². The van der Waals surface area contributed by atoms with Gasteiger partial charge in [-0.25, -0.2) is 4.79 Å². The van der Waals surface area contributed by atoms with Gasteiger partial charge in [-0.05, 0) is 43.2 Å². The Morgan fingerprint density at radius 2 is 1.87 bits per heavy atom. The van der Waals surface area contributed by atoms with Crippen molar-refractivity contribution in [3.05, 3.63) is 51.9 Å². The predicted octanol–water partition coefficient (Wildman–Crippen LogP) is 3.72. The topological polar surface area (TPSA) is 75.6 Å². The Morgan fingerprint density at radius 1 is 1.22 bits per heavy atom. The number of anilines is 1. The zero-order valence-corrected chi connectivity index (χ0v) is 13.9. The largest absolute Gasteiger partial charge is 0.497 e. The van der Waals surface area contributed by atoms with Gasteiger partial charge in [-0.15, -0.1) is 11.3 Å². The number of carbonyl (C=O) groups excluding carboxylic acids is 1. The van der Waals surface area contributed by atoms with Gasteiger partial charge in [0.1, 0.15) is 10.8 Å². The number of thiophene rings is 1. The molecule has 0 saturated carbocycles. The van der Waals surface area contributed by atoms with Crippen LogP contribution in [0.2, 0.25) is 0 Å². The smallest absolute Gasteiger partial charge is 0.338 e. The number of hydrogen-bond acceptors (Lipinski definition) is 4. The fourth-order valence-corrected chi connectivity index (χ4v) is 3.07. The second kappa shape index (κ2) is 7.11. The molecule has 23 heavy (non-hydrogen) atoms. The third-order valence-electron chi connectivity index (χ3n) is 3.38. The van der Waals surface area contributed by atoms with Gasteiger partial charge < -0.3 is 15.2 Å². The number of ether oxygens (including phenoxy) is 1. The van der Waals surface area contributed by atoms with Crippen molar-refractivity contribution in [1.29, 1.82) is 0 Å². The van der Waals surface area contributed by atoms with Crippen LogP contribution in [0.25, 0.3) is 6.08 Å². The molecule has 1 aromatic carbocycles. The molecular weight excluding hydrogens is 314 g/mol. The third-order valence-corrected chi connectivity index (χ3v) is 4.50. The van der Waals surface area contributed by atoms with Crippen LogP contribution in [0.3, 0.4) is 0 Å². The van der Waals surface area contributed by atoms with Crippen LogP contribution in [-0.2, 0) is 4.79 Å². The SMILES string of the molecule is COc1ccc(/C=C/C(=O)Nc2sc(C)c(C)c2C(=O)O)cc1. The van der Waals surface area contributed by atoms with E-state index in [2.05, 4.69) is 5.32 Å². The van der Waals surface area contributed by atoms with Gasteiger partial charge >= 0.3 is 5.97 Å². The molecule has 0 unspecified atom stereocenters. The summed E-state index contributed by atoms with van der Waals surface area (Å²) in [6.45, 7) is 3.56. The van der Waals surface area contributed by atoms with E-state index in [1.807, 2.05) is 19.1 Å². The Morgan fingerprint density at radius 3 is 2.43 bits per heavy atom. The fourth-order valence-electron chi connectivity index (χ4n) is 2.01. The highest BCUT2D eigenvalue weighted by Gasteiger charge is 2.19. The van der Waals surface area contributed by atoms with Gasteiger partial charge in [0.2, 0.25) is 5.91 Å². The van der Waals surface area contributed by atoms with Crippen LogP contribution in [0.1, 0.15) is 26.4 Å². The molecule has 0 saturated heterocycles. The van der Waals surface area contributed by atoms with Crippen molar-refractivity contribution >= 4 is 34.3 Å². The van der Waals surface area contributed by atoms with E-state index in [0.717, 1.165) is 16.2 Å². The minimum atomic E-state index is -1.04. The number of rotatable bonds is 5. The maximum atomic E-state index is 12.0. The predicted molar refractivity (Wildman–Crippen MR) is 91.4 cm³/mol. The standard InChI is InChI=1S/C17H17NO4S/c1-10-11(2)23-16(15(10)17(20)21)18-14(19)9-6-12-4-7-13(22-3)8-5-12/h4-9H,1-3H3,(H,18,19)(H,20,21)/b9-6+. The molecule has 0 atom stereocenters. The first kappa shape index (κ1) is 16.8. The highest BCUT2D eigenvalue weighted by Crippen LogP contribution is 2.32. The maximum Gasteiger partial charge on any atom is 0.338 e. The molecule has 2 rings (SSSR count). The van der Waals surface area contributed by atoms with E-state index in [4.69, 9.17) is 4.74 Å². The lowest BCUT2D eigenvalue weighted by Crippen LogP contribution is -2.10. The monoisotopic (exact) mass is 331 g/mol. The first-order valence-electron chi connectivity index (χ1n) is 6.88. The van der Waals surface area contributed by atoms with Crippen molar-refractivity contribution in [1.82, 2.24) is 0 Å². The third kappa shape index (κ3) is 3.98. The van der Waals surface area contributed by atoms with E-state index in [1.165, 1.54) is 17.4 Å². The summed E-state index contributed by atoms with van der Waals surface area (Å²) in [5, 5.41) is 12.2. The number of benzene rings is 1. The van der Waals surface area contributed by atoms with Crippen molar-refractivity contribution in [2.45, 2.75) is 13.8 Å². The zero-order chi connectivity index (χ0) is 17.0. The van der Waals surface area contributed by atoms with Crippen molar-refractivity contribution in [2.75, 3.05) is 12.4 Å². The van der Waals surface area contributed by atoms with E-state index in [9.17, 15) is 14.7 Å². The van der Waals surface area contributed by atoms with Crippen molar-refractivity contribution in [3.63, 3.8) is 0 Å². The molecular formula is C17H17NO4S. The number of carboxylic acids is 1. The van der Waals surface area contributed by atoms with Gasteiger partial charge in [0.25, 0.3) is 0 Å². The van der Waals surface area contributed by atoms with Gasteiger partial charge in [0, 0.05) is 11.0 Å². The number of amides is 1. The molecule has 0 bridgehead atoms. The number of carboxylic acid groups (broad SMARTS) is 1. The Hall–Kier alpha value is -2.60. The molecule has 2 N–H and O–H groups in total. The van der Waals surface area contributed by atoms with Gasteiger partial charge in [-0.2, -0.15) is 0 Å². The Balaban J connectivity index is 2.11. The summed E-state index contributed by atoms with van der Waals surface area (Å²) in [5.74, 6) is -0.673. The maximum absolute atomic E-state index is 12.0. The molecule has 0 aliphatic rings. The Kier molecular flexibility index (Phi) is 5.18. The first-order valence-corrected chi connectivity index (χ1v) is 7.70. The van der Waals surface area contributed by atoms with Crippen molar-refractivity contribution in [2.24, 2.45) is 0 Å². The van der Waals surface area contributed by atoms with Crippen LogP contribution in [0, 0.1) is 13.8 Å². The van der Waals surface area contributed by atoms with Crippen LogP contribution < -0.4 is 10.1 Å². The molecule has 2 aromatic rings. The minimum Gasteiger partial charge on any atom is -0.497 e. The van der Waals surface area contributed by atoms with Crippen LogP contribution in [0.15, 0.2) is 30.3 Å². The molecule has 0 fully saturated rings. The van der Waals surface area contributed by atoms with E-state index in [1.54, 1.807) is 32.2 Å². The summed E-state index contributed by atoms with van der Waals surface area (Å²) < 4.78 is 5.07. The van der Waals surface area contributed by atoms with E-state index in [-0.39, 0.29) is 11.5 Å². The van der Waals surface area contributed by atoms with Crippen LogP contribution in [0.5, 0.6) is 5.75 Å². The average molecular weight is 331 g/mol. The highest BCUT2D eigenvalue weighted by atomic mass is 32.1. The lowest BCUT2D eigenvalue weighted by molar-refractivity contribution is -0.111. The highest BCUT2D eigenvalue weighted by molar-refractivity contribution is 7.16. The number of methoxy groups -OCH3 is 1. The zero-order valence-electron chi connectivity index (χ0n) is 13.0. The average Bonchev–Trinajstić information content (AvgIpc) is 2.80. The van der Waals surface area contributed by atoms with Crippen LogP contribution in [0.4, 0.5) is 5.00 Å². The molecule has 120 valence electrons. The summed E-state index contributed by atoms with van der Waals surface area (Å²) in [4.78, 5) is 24.2. The van der Waals surface area contributed by atoms with Crippen molar-refractivity contribution < 1.29 is 19.4 Å². The first-order chi connectivity index (χ1) is 10.9. The molecule has 5 nitrogen and oxygen atoms in total. The fraction of sp³-hybridized carbons (Fsp3) is 0.176. The lowest BCUT2D eigenvalue weighted by atomic mass is 10.1. The van der Waals surface area contributed by atoms with E-state index >= 15 is 0 Å². The minimum absolute atomic E-state index is 0.152. The van der Waals surface area contributed by atoms with Crippen LogP contribution >= 0.6 is 11.3 Å². The quantitative estimate of drug-likeness (QED) is 0.819. The number of aryl methyl sites for hydroxylation is 1. The molecule has 0 spiro atoms. The van der Waals surface area contributed by atoms with E-state index < -0.39 is 5.97 Å². The van der Waals surface area contributed by atoms with Gasteiger partial charge in [0.15, 0.2) is 0 Å². The summed E-state index contributed by atoms with van der Waals surface area (Å²) in [6.07, 6.45) is 3.03. The summed E-state index contributed by atoms with van der Waals surface area (Å²) in [6, 6.07) is 7.24. The second-order valence-electron chi connectivity index (χ2n) is 4.89. The molecule has 0 aliphatic carbocycles. The molecule has 6 heteroatoms. The normalized spacial score (nSPS) is 10.7. The molecule has 0 aliphatic heterocycles. The molecule has 1 aromatic heterocycles. The summed E-state index contributed by atoms with van der Waals surface area (Å²) in [7, 11) is 1.59. The van der Waals surface area contributed by atoms with Crippen LogP contribution in [-0.4, -0.2) is 24.1 Å². The number of nitrogens with one attached hydrogen (secondary N) is 1. The summed E-state index contributed by atoms with van der Waals surface area (Å²) >= 11 is 1.26. The second-order valence-corrected chi connectivity index (χ2v) is 6.11. The summed E-state index contributed by atoms with van der Waals surface area (Å²) in [5.41, 5.74) is 1.67. The molecule has 1 amide bonds. The number of aromatic carboxylic acids is 1.